The van der Waals surface area contributed by atoms with E-state index in [-0.39, 0.29) is 0 Å². The van der Waals surface area contributed by atoms with Crippen LogP contribution < -0.4 is 0 Å². The Kier molecular flexibility index (Phi) is 3.98. The average molecular weight is 230 g/mol. The SMILES string of the molecule is CC(C)Cc1cccc(C(=O)CC2CCC2)c1. The van der Waals surface area contributed by atoms with Crippen LogP contribution in [0.5, 0.6) is 0 Å². The van der Waals surface area contributed by atoms with E-state index in [2.05, 4.69) is 26.0 Å². The highest BCUT2D eigenvalue weighted by Gasteiger charge is 2.21. The van der Waals surface area contributed by atoms with E-state index in [1.54, 1.807) is 0 Å². The standard InChI is InChI=1S/C16H22O/c1-12(2)9-14-7-4-8-15(10-14)16(17)11-13-5-3-6-13/h4,7-8,10,12-13H,3,5-6,9,11H2,1-2H3. The highest BCUT2D eigenvalue weighted by molar-refractivity contribution is 5.96. The van der Waals surface area contributed by atoms with Crippen LogP contribution in [-0.4, -0.2) is 5.78 Å². The van der Waals surface area contributed by atoms with Crippen LogP contribution in [0.15, 0.2) is 24.3 Å². The van der Waals surface area contributed by atoms with Crippen LogP contribution in [0.3, 0.4) is 0 Å². The number of carbonyl (C=O) groups is 1. The molecule has 1 aromatic rings. The van der Waals surface area contributed by atoms with Gasteiger partial charge in [0.15, 0.2) is 5.78 Å². The summed E-state index contributed by atoms with van der Waals surface area (Å²) in [5, 5.41) is 0. The number of ketones is 1. The Morgan fingerprint density at radius 1 is 1.35 bits per heavy atom. The maximum Gasteiger partial charge on any atom is 0.163 e. The van der Waals surface area contributed by atoms with Crippen LogP contribution in [0.25, 0.3) is 0 Å². The zero-order chi connectivity index (χ0) is 12.3. The number of rotatable bonds is 5. The summed E-state index contributed by atoms with van der Waals surface area (Å²) in [6.45, 7) is 4.42. The summed E-state index contributed by atoms with van der Waals surface area (Å²) >= 11 is 0. The van der Waals surface area contributed by atoms with Crippen molar-refractivity contribution in [3.8, 4) is 0 Å². The number of hydrogen-bond donors (Lipinski definition) is 0. The van der Waals surface area contributed by atoms with Crippen molar-refractivity contribution in [2.75, 3.05) is 0 Å². The van der Waals surface area contributed by atoms with Crippen molar-refractivity contribution in [1.82, 2.24) is 0 Å². The molecule has 17 heavy (non-hydrogen) atoms. The molecule has 0 aromatic heterocycles. The fourth-order valence-electron chi connectivity index (χ4n) is 2.42. The van der Waals surface area contributed by atoms with Crippen molar-refractivity contribution in [2.45, 2.75) is 46.0 Å². The second kappa shape index (κ2) is 5.48. The molecule has 1 heteroatoms. The summed E-state index contributed by atoms with van der Waals surface area (Å²) in [6, 6.07) is 8.19. The second-order valence-corrected chi connectivity index (χ2v) is 5.72. The lowest BCUT2D eigenvalue weighted by atomic mass is 9.81. The van der Waals surface area contributed by atoms with Gasteiger partial charge < -0.3 is 0 Å². The molecule has 1 aromatic carbocycles. The lowest BCUT2D eigenvalue weighted by molar-refractivity contribution is 0.0936. The Hall–Kier alpha value is -1.11. The van der Waals surface area contributed by atoms with E-state index >= 15 is 0 Å². The third kappa shape index (κ3) is 3.42. The van der Waals surface area contributed by atoms with Crippen molar-refractivity contribution in [3.63, 3.8) is 0 Å². The Bertz CT molecular complexity index is 388. The van der Waals surface area contributed by atoms with Crippen molar-refractivity contribution < 1.29 is 4.79 Å². The number of benzene rings is 1. The molecule has 0 spiro atoms. The fourth-order valence-corrected chi connectivity index (χ4v) is 2.42. The molecule has 0 amide bonds. The fraction of sp³-hybridized carbons (Fsp3) is 0.562. The molecule has 0 atom stereocenters. The molecule has 0 aliphatic heterocycles. The first kappa shape index (κ1) is 12.3. The Morgan fingerprint density at radius 2 is 2.12 bits per heavy atom. The van der Waals surface area contributed by atoms with Crippen molar-refractivity contribution in [1.29, 1.82) is 0 Å². The lowest BCUT2D eigenvalue weighted by Gasteiger charge is -2.24. The monoisotopic (exact) mass is 230 g/mol. The van der Waals surface area contributed by atoms with Gasteiger partial charge in [0, 0.05) is 12.0 Å². The van der Waals surface area contributed by atoms with Crippen LogP contribution in [0.2, 0.25) is 0 Å². The Morgan fingerprint density at radius 3 is 2.71 bits per heavy atom. The Balaban J connectivity index is 2.01. The summed E-state index contributed by atoms with van der Waals surface area (Å²) in [4.78, 5) is 12.1. The minimum absolute atomic E-state index is 0.334. The van der Waals surface area contributed by atoms with Gasteiger partial charge in [-0.1, -0.05) is 51.3 Å². The van der Waals surface area contributed by atoms with Gasteiger partial charge in [-0.05, 0) is 29.9 Å². The van der Waals surface area contributed by atoms with Gasteiger partial charge in [0.05, 0.1) is 0 Å². The molecule has 0 radical (unpaired) electrons. The van der Waals surface area contributed by atoms with Gasteiger partial charge in [-0.3, -0.25) is 4.79 Å². The molecule has 0 unspecified atom stereocenters. The molecule has 0 heterocycles. The van der Waals surface area contributed by atoms with Crippen molar-refractivity contribution in [2.24, 2.45) is 11.8 Å². The third-order valence-corrected chi connectivity index (χ3v) is 3.59. The van der Waals surface area contributed by atoms with E-state index in [1.807, 2.05) is 12.1 Å². The minimum atomic E-state index is 0.334. The molecule has 1 aliphatic carbocycles. The zero-order valence-electron chi connectivity index (χ0n) is 10.9. The van der Waals surface area contributed by atoms with Crippen LogP contribution in [0.4, 0.5) is 0 Å². The zero-order valence-corrected chi connectivity index (χ0v) is 10.9. The van der Waals surface area contributed by atoms with Crippen LogP contribution in [0.1, 0.15) is 55.5 Å². The highest BCUT2D eigenvalue weighted by atomic mass is 16.1. The van der Waals surface area contributed by atoms with E-state index in [0.717, 1.165) is 18.4 Å². The molecule has 2 rings (SSSR count). The molecule has 92 valence electrons. The molecule has 0 saturated heterocycles. The minimum Gasteiger partial charge on any atom is -0.294 e. The lowest BCUT2D eigenvalue weighted by Crippen LogP contribution is -2.16. The van der Waals surface area contributed by atoms with Gasteiger partial charge in [0.2, 0.25) is 0 Å². The van der Waals surface area contributed by atoms with Crippen molar-refractivity contribution >= 4 is 5.78 Å². The summed E-state index contributed by atoms with van der Waals surface area (Å²) < 4.78 is 0. The highest BCUT2D eigenvalue weighted by Crippen LogP contribution is 2.30. The van der Waals surface area contributed by atoms with E-state index in [0.29, 0.717) is 17.6 Å². The summed E-state index contributed by atoms with van der Waals surface area (Å²) in [5.74, 6) is 1.64. The van der Waals surface area contributed by atoms with Gasteiger partial charge >= 0.3 is 0 Å². The Labute approximate surface area is 104 Å². The summed E-state index contributed by atoms with van der Waals surface area (Å²) in [7, 11) is 0. The van der Waals surface area contributed by atoms with Crippen molar-refractivity contribution in [3.05, 3.63) is 35.4 Å². The predicted molar refractivity (Wildman–Crippen MR) is 71.3 cm³/mol. The van der Waals surface area contributed by atoms with Gasteiger partial charge in [0.1, 0.15) is 0 Å². The van der Waals surface area contributed by atoms with Crippen LogP contribution in [-0.2, 0) is 6.42 Å². The van der Waals surface area contributed by atoms with Gasteiger partial charge in [-0.15, -0.1) is 0 Å². The normalized spacial score (nSPS) is 15.9. The van der Waals surface area contributed by atoms with E-state index in [4.69, 9.17) is 0 Å². The van der Waals surface area contributed by atoms with E-state index in [1.165, 1.54) is 24.8 Å². The number of Topliss-reactive ketones (excluding diaryl/α,β-unsaturated/α-hetero) is 1. The first-order chi connectivity index (χ1) is 8.15. The van der Waals surface area contributed by atoms with Gasteiger partial charge in [-0.2, -0.15) is 0 Å². The number of carbonyl (C=O) groups excluding carboxylic acids is 1. The third-order valence-electron chi connectivity index (χ3n) is 3.59. The molecule has 1 saturated carbocycles. The molecule has 0 N–H and O–H groups in total. The molecule has 0 bridgehead atoms. The summed E-state index contributed by atoms with van der Waals surface area (Å²) in [5.41, 5.74) is 2.20. The van der Waals surface area contributed by atoms with Gasteiger partial charge in [-0.25, -0.2) is 0 Å². The smallest absolute Gasteiger partial charge is 0.163 e. The predicted octanol–water partition coefficient (Wildman–Crippen LogP) is 4.26. The topological polar surface area (TPSA) is 17.1 Å². The number of hydrogen-bond acceptors (Lipinski definition) is 1. The first-order valence-electron chi connectivity index (χ1n) is 6.77. The molecule has 1 nitrogen and oxygen atoms in total. The van der Waals surface area contributed by atoms with Crippen LogP contribution in [0, 0.1) is 11.8 Å². The first-order valence-corrected chi connectivity index (χ1v) is 6.77. The quantitative estimate of drug-likeness (QED) is 0.691. The summed E-state index contributed by atoms with van der Waals surface area (Å²) in [6.07, 6.45) is 5.62. The molecular weight excluding hydrogens is 208 g/mol. The average Bonchev–Trinajstić information content (AvgIpc) is 2.22. The molecular formula is C16H22O. The largest absolute Gasteiger partial charge is 0.294 e. The maximum absolute atomic E-state index is 12.1. The van der Waals surface area contributed by atoms with E-state index < -0.39 is 0 Å². The second-order valence-electron chi connectivity index (χ2n) is 5.72. The molecule has 1 fully saturated rings. The maximum atomic E-state index is 12.1. The van der Waals surface area contributed by atoms with Gasteiger partial charge in [0.25, 0.3) is 0 Å². The van der Waals surface area contributed by atoms with Crippen LogP contribution >= 0.6 is 0 Å². The van der Waals surface area contributed by atoms with E-state index in [9.17, 15) is 4.79 Å². The molecule has 1 aliphatic rings.